The van der Waals surface area contributed by atoms with Gasteiger partial charge in [-0.15, -0.1) is 11.6 Å². The molecule has 0 spiro atoms. The van der Waals surface area contributed by atoms with Crippen molar-refractivity contribution in [1.29, 1.82) is 0 Å². The molecule has 1 aliphatic rings. The molecule has 0 amide bonds. The number of carbonyl (C=O) groups excluding carboxylic acids is 2. The van der Waals surface area contributed by atoms with Crippen LogP contribution >= 0.6 is 11.6 Å². The van der Waals surface area contributed by atoms with Gasteiger partial charge in [0.2, 0.25) is 0 Å². The van der Waals surface area contributed by atoms with Gasteiger partial charge in [0.05, 0.1) is 12.5 Å². The van der Waals surface area contributed by atoms with Gasteiger partial charge < -0.3 is 4.74 Å². The Morgan fingerprint density at radius 3 is 2.47 bits per heavy atom. The summed E-state index contributed by atoms with van der Waals surface area (Å²) >= 11 is 5.51. The third-order valence-corrected chi connectivity index (χ3v) is 3.21. The Balaban J connectivity index is 2.76. The van der Waals surface area contributed by atoms with E-state index in [4.69, 9.17) is 16.3 Å². The first-order valence-electron chi connectivity index (χ1n) is 6.17. The highest BCUT2D eigenvalue weighted by atomic mass is 35.5. The number of Topliss-reactive ketones (excluding diaryl/α,β-unsaturated/α-hetero) is 1. The van der Waals surface area contributed by atoms with E-state index >= 15 is 0 Å². The van der Waals surface area contributed by atoms with Crippen molar-refractivity contribution in [2.24, 2.45) is 5.92 Å². The average Bonchev–Trinajstić information content (AvgIpc) is 2.36. The highest BCUT2D eigenvalue weighted by Gasteiger charge is 2.21. The second-order valence-corrected chi connectivity index (χ2v) is 4.52. The Bertz CT molecular complexity index is 304. The maximum atomic E-state index is 11.6. The number of allylic oxidation sites excluding steroid dienone is 1. The largest absolute Gasteiger partial charge is 0.462 e. The SMILES string of the molecule is CCOC(=O)/C(=C/C1CCCCC1)C(=O)CCl. The summed E-state index contributed by atoms with van der Waals surface area (Å²) in [5, 5.41) is 0. The summed E-state index contributed by atoms with van der Waals surface area (Å²) in [7, 11) is 0. The molecular formula is C13H19ClO3. The summed E-state index contributed by atoms with van der Waals surface area (Å²) in [4.78, 5) is 23.2. The first-order valence-corrected chi connectivity index (χ1v) is 6.70. The minimum absolute atomic E-state index is 0.133. The van der Waals surface area contributed by atoms with Crippen LogP contribution in [-0.4, -0.2) is 24.2 Å². The normalized spacial score (nSPS) is 17.9. The molecule has 0 atom stereocenters. The molecule has 0 aliphatic heterocycles. The van der Waals surface area contributed by atoms with E-state index in [1.807, 2.05) is 0 Å². The molecule has 1 rings (SSSR count). The van der Waals surface area contributed by atoms with Crippen molar-refractivity contribution in [2.75, 3.05) is 12.5 Å². The molecule has 0 aromatic rings. The van der Waals surface area contributed by atoms with E-state index in [1.54, 1.807) is 13.0 Å². The van der Waals surface area contributed by atoms with Gasteiger partial charge in [0.1, 0.15) is 5.57 Å². The van der Waals surface area contributed by atoms with Crippen molar-refractivity contribution in [2.45, 2.75) is 39.0 Å². The maximum absolute atomic E-state index is 11.6. The predicted molar refractivity (Wildman–Crippen MR) is 67.0 cm³/mol. The van der Waals surface area contributed by atoms with Gasteiger partial charge in [-0.1, -0.05) is 25.3 Å². The molecule has 1 fully saturated rings. The van der Waals surface area contributed by atoms with Gasteiger partial charge in [-0.2, -0.15) is 0 Å². The van der Waals surface area contributed by atoms with Crippen LogP contribution in [0, 0.1) is 5.92 Å². The summed E-state index contributed by atoms with van der Waals surface area (Å²) in [6.07, 6.45) is 7.40. The van der Waals surface area contributed by atoms with Crippen LogP contribution in [0.2, 0.25) is 0 Å². The second-order valence-electron chi connectivity index (χ2n) is 4.26. The van der Waals surface area contributed by atoms with Crippen LogP contribution in [0.25, 0.3) is 0 Å². The van der Waals surface area contributed by atoms with Gasteiger partial charge in [-0.25, -0.2) is 4.79 Å². The van der Waals surface area contributed by atoms with E-state index in [0.29, 0.717) is 5.92 Å². The topological polar surface area (TPSA) is 43.4 Å². The van der Waals surface area contributed by atoms with E-state index in [2.05, 4.69) is 0 Å². The molecule has 0 heterocycles. The lowest BCUT2D eigenvalue weighted by Crippen LogP contribution is -2.19. The van der Waals surface area contributed by atoms with Gasteiger partial charge in [-0.05, 0) is 25.7 Å². The third-order valence-electron chi connectivity index (χ3n) is 2.97. The fourth-order valence-corrected chi connectivity index (χ4v) is 2.24. The van der Waals surface area contributed by atoms with Crippen LogP contribution in [0.15, 0.2) is 11.6 Å². The molecule has 0 unspecified atom stereocenters. The number of hydrogen-bond acceptors (Lipinski definition) is 3. The maximum Gasteiger partial charge on any atom is 0.341 e. The van der Waals surface area contributed by atoms with Crippen LogP contribution in [0.3, 0.4) is 0 Å². The number of rotatable bonds is 5. The van der Waals surface area contributed by atoms with E-state index < -0.39 is 5.97 Å². The monoisotopic (exact) mass is 258 g/mol. The van der Waals surface area contributed by atoms with E-state index in [9.17, 15) is 9.59 Å². The molecule has 0 N–H and O–H groups in total. The molecule has 0 aromatic heterocycles. The van der Waals surface area contributed by atoms with Crippen molar-refractivity contribution in [1.82, 2.24) is 0 Å². The number of ether oxygens (including phenoxy) is 1. The molecule has 1 saturated carbocycles. The lowest BCUT2D eigenvalue weighted by atomic mass is 9.87. The molecule has 0 aromatic carbocycles. The molecule has 4 heteroatoms. The van der Waals surface area contributed by atoms with Crippen LogP contribution in [-0.2, 0) is 14.3 Å². The Morgan fingerprint density at radius 1 is 1.29 bits per heavy atom. The molecule has 3 nitrogen and oxygen atoms in total. The van der Waals surface area contributed by atoms with E-state index in [-0.39, 0.29) is 23.8 Å². The lowest BCUT2D eigenvalue weighted by molar-refractivity contribution is -0.139. The number of alkyl halides is 1. The summed E-state index contributed by atoms with van der Waals surface area (Å²) in [5.74, 6) is -0.730. The number of carbonyl (C=O) groups is 2. The van der Waals surface area contributed by atoms with Crippen molar-refractivity contribution < 1.29 is 14.3 Å². The molecule has 0 saturated heterocycles. The molecule has 0 bridgehead atoms. The second kappa shape index (κ2) is 7.49. The van der Waals surface area contributed by atoms with Gasteiger partial charge in [0, 0.05) is 0 Å². The summed E-state index contributed by atoms with van der Waals surface area (Å²) in [6, 6.07) is 0. The summed E-state index contributed by atoms with van der Waals surface area (Å²) in [5.41, 5.74) is 0.133. The van der Waals surface area contributed by atoms with Crippen molar-refractivity contribution in [3.63, 3.8) is 0 Å². The Kier molecular flexibility index (Phi) is 6.27. The first kappa shape index (κ1) is 14.2. The summed E-state index contributed by atoms with van der Waals surface area (Å²) in [6.45, 7) is 2.00. The standard InChI is InChI=1S/C13H19ClO3/c1-2-17-13(16)11(12(15)9-14)8-10-6-4-3-5-7-10/h8,10H,2-7,9H2,1H3/b11-8+. The fourth-order valence-electron chi connectivity index (χ4n) is 2.09. The van der Waals surface area contributed by atoms with Crippen LogP contribution < -0.4 is 0 Å². The zero-order valence-corrected chi connectivity index (χ0v) is 11.0. The minimum Gasteiger partial charge on any atom is -0.462 e. The molecule has 17 heavy (non-hydrogen) atoms. The minimum atomic E-state index is -0.538. The van der Waals surface area contributed by atoms with Crippen LogP contribution in [0.5, 0.6) is 0 Å². The molecular weight excluding hydrogens is 240 g/mol. The highest BCUT2D eigenvalue weighted by Crippen LogP contribution is 2.26. The Hall–Kier alpha value is -0.830. The van der Waals surface area contributed by atoms with Gasteiger partial charge in [0.25, 0.3) is 0 Å². The zero-order chi connectivity index (χ0) is 12.7. The van der Waals surface area contributed by atoms with Crippen LogP contribution in [0.1, 0.15) is 39.0 Å². The highest BCUT2D eigenvalue weighted by molar-refractivity contribution is 6.34. The summed E-state index contributed by atoms with van der Waals surface area (Å²) < 4.78 is 4.88. The molecule has 1 aliphatic carbocycles. The van der Waals surface area contributed by atoms with Gasteiger partial charge in [0.15, 0.2) is 5.78 Å². The molecule has 96 valence electrons. The van der Waals surface area contributed by atoms with Crippen molar-refractivity contribution in [3.05, 3.63) is 11.6 Å². The quantitative estimate of drug-likeness (QED) is 0.250. The van der Waals surface area contributed by atoms with Crippen molar-refractivity contribution in [3.8, 4) is 0 Å². The van der Waals surface area contributed by atoms with Crippen LogP contribution in [0.4, 0.5) is 0 Å². The molecule has 0 radical (unpaired) electrons. The number of halogens is 1. The van der Waals surface area contributed by atoms with Gasteiger partial charge >= 0.3 is 5.97 Å². The smallest absolute Gasteiger partial charge is 0.341 e. The van der Waals surface area contributed by atoms with Crippen molar-refractivity contribution >= 4 is 23.4 Å². The predicted octanol–water partition coefficient (Wildman–Crippen LogP) is 2.86. The Morgan fingerprint density at radius 2 is 1.94 bits per heavy atom. The van der Waals surface area contributed by atoms with E-state index in [0.717, 1.165) is 25.7 Å². The first-order chi connectivity index (χ1) is 8.19. The fraction of sp³-hybridized carbons (Fsp3) is 0.692. The average molecular weight is 259 g/mol. The lowest BCUT2D eigenvalue weighted by Gasteiger charge is -2.19. The van der Waals surface area contributed by atoms with Gasteiger partial charge in [-0.3, -0.25) is 4.79 Å². The van der Waals surface area contributed by atoms with E-state index in [1.165, 1.54) is 6.42 Å². The zero-order valence-electron chi connectivity index (χ0n) is 10.2. The number of hydrogen-bond donors (Lipinski definition) is 0. The Labute approximate surface area is 107 Å². The number of ketones is 1. The number of esters is 1. The third kappa shape index (κ3) is 4.50.